The number of aryl methyl sites for hydroxylation is 1. The van der Waals surface area contributed by atoms with E-state index in [1.165, 1.54) is 24.3 Å². The molecule has 0 bridgehead atoms. The zero-order valence-electron chi connectivity index (χ0n) is 20.0. The molecule has 36 heavy (non-hydrogen) atoms. The van der Waals surface area contributed by atoms with Crippen molar-refractivity contribution < 1.29 is 22.1 Å². The molecule has 0 spiro atoms. The van der Waals surface area contributed by atoms with Crippen molar-refractivity contribution in [1.82, 2.24) is 0 Å². The van der Waals surface area contributed by atoms with E-state index in [9.17, 15) is 18.5 Å². The second kappa shape index (κ2) is 11.9. The van der Waals surface area contributed by atoms with E-state index in [1.54, 1.807) is 49.4 Å². The van der Waals surface area contributed by atoms with E-state index in [4.69, 9.17) is 8.92 Å². The minimum absolute atomic E-state index is 0.000571. The van der Waals surface area contributed by atoms with Crippen LogP contribution in [0.5, 0.6) is 11.5 Å². The quantitative estimate of drug-likeness (QED) is 0.171. The molecule has 0 atom stereocenters. The lowest BCUT2D eigenvalue weighted by molar-refractivity contribution is -0.112. The summed E-state index contributed by atoms with van der Waals surface area (Å²) in [6.07, 6.45) is 3.27. The van der Waals surface area contributed by atoms with Gasteiger partial charge in [0.1, 0.15) is 16.5 Å². The number of nitrogens with one attached hydrogen (secondary N) is 1. The smallest absolute Gasteiger partial charge is 0.339 e. The molecular weight excluding hydrogens is 476 g/mol. The van der Waals surface area contributed by atoms with Crippen molar-refractivity contribution in [2.24, 2.45) is 0 Å². The molecule has 0 fully saturated rings. The first-order valence-electron chi connectivity index (χ1n) is 11.2. The molecule has 1 N–H and O–H groups in total. The number of carbonyl (C=O) groups is 1. The Hall–Kier alpha value is -4.35. The van der Waals surface area contributed by atoms with Crippen LogP contribution >= 0.6 is 0 Å². The largest absolute Gasteiger partial charge is 0.490 e. The summed E-state index contributed by atoms with van der Waals surface area (Å²) in [5.41, 5.74) is 2.27. The van der Waals surface area contributed by atoms with Gasteiger partial charge in [0.15, 0.2) is 11.5 Å². The SMILES string of the molecule is C=CCc1cc(/C=C(\C#N)C(=O)Nc2ccccc2C)cc(OCC)c1OS(=O)(=O)c1ccccc1. The van der Waals surface area contributed by atoms with Crippen molar-refractivity contribution in [3.63, 3.8) is 0 Å². The van der Waals surface area contributed by atoms with Gasteiger partial charge in [-0.05, 0) is 67.8 Å². The van der Waals surface area contributed by atoms with E-state index in [-0.39, 0.29) is 35.0 Å². The first-order valence-corrected chi connectivity index (χ1v) is 12.6. The molecule has 3 aromatic carbocycles. The molecule has 0 aromatic heterocycles. The van der Waals surface area contributed by atoms with Crippen molar-refractivity contribution >= 4 is 27.8 Å². The minimum Gasteiger partial charge on any atom is -0.490 e. The van der Waals surface area contributed by atoms with Crippen LogP contribution in [0, 0.1) is 18.3 Å². The van der Waals surface area contributed by atoms with E-state index in [1.807, 2.05) is 25.1 Å². The van der Waals surface area contributed by atoms with Crippen LogP contribution in [0.3, 0.4) is 0 Å². The van der Waals surface area contributed by atoms with Crippen LogP contribution in [0.4, 0.5) is 5.69 Å². The Bertz CT molecular complexity index is 1440. The summed E-state index contributed by atoms with van der Waals surface area (Å²) in [7, 11) is -4.13. The van der Waals surface area contributed by atoms with Gasteiger partial charge in [-0.15, -0.1) is 6.58 Å². The number of rotatable bonds is 10. The lowest BCUT2D eigenvalue weighted by Crippen LogP contribution is -2.14. The standard InChI is InChI=1S/C28H26N2O5S/c1-4-11-22-16-21(17-23(19-29)28(31)30-25-15-10-9-12-20(25)3)18-26(34-5-2)27(22)35-36(32,33)24-13-7-6-8-14-24/h4,6-10,12-18H,1,5,11H2,2-3H3,(H,30,31)/b23-17+. The Morgan fingerprint density at radius 2 is 1.81 bits per heavy atom. The van der Waals surface area contributed by atoms with Crippen molar-refractivity contribution in [2.75, 3.05) is 11.9 Å². The summed E-state index contributed by atoms with van der Waals surface area (Å²) in [5, 5.41) is 12.4. The third-order valence-electron chi connectivity index (χ3n) is 5.11. The molecule has 0 heterocycles. The van der Waals surface area contributed by atoms with E-state index >= 15 is 0 Å². The summed E-state index contributed by atoms with van der Waals surface area (Å²) in [4.78, 5) is 12.8. The number of benzene rings is 3. The average molecular weight is 503 g/mol. The number of hydrogen-bond donors (Lipinski definition) is 1. The molecule has 0 unspecified atom stereocenters. The van der Waals surface area contributed by atoms with Crippen LogP contribution in [0.15, 0.2) is 89.9 Å². The number of nitrogens with zero attached hydrogens (tertiary/aromatic N) is 1. The Balaban J connectivity index is 2.03. The van der Waals surface area contributed by atoms with Crippen molar-refractivity contribution in [1.29, 1.82) is 5.26 Å². The highest BCUT2D eigenvalue weighted by molar-refractivity contribution is 7.87. The molecule has 184 valence electrons. The van der Waals surface area contributed by atoms with E-state index in [2.05, 4.69) is 11.9 Å². The van der Waals surface area contributed by atoms with Gasteiger partial charge in [0.05, 0.1) is 6.61 Å². The lowest BCUT2D eigenvalue weighted by Gasteiger charge is -2.16. The number of carbonyl (C=O) groups excluding carboxylic acids is 1. The van der Waals surface area contributed by atoms with Gasteiger partial charge >= 0.3 is 10.1 Å². The van der Waals surface area contributed by atoms with E-state index in [0.29, 0.717) is 16.8 Å². The highest BCUT2D eigenvalue weighted by Gasteiger charge is 2.22. The van der Waals surface area contributed by atoms with Gasteiger partial charge in [-0.25, -0.2) is 0 Å². The van der Waals surface area contributed by atoms with Gasteiger partial charge in [0.2, 0.25) is 0 Å². The van der Waals surface area contributed by atoms with Crippen LogP contribution in [-0.2, 0) is 21.3 Å². The molecule has 0 aliphatic rings. The minimum atomic E-state index is -4.13. The number of anilines is 1. The zero-order valence-corrected chi connectivity index (χ0v) is 20.8. The molecular formula is C28H26N2O5S. The summed E-state index contributed by atoms with van der Waals surface area (Å²) in [6, 6.07) is 20.1. The van der Waals surface area contributed by atoms with Gasteiger partial charge in [-0.1, -0.05) is 42.5 Å². The molecule has 3 aromatic rings. The maximum absolute atomic E-state index is 12.9. The van der Waals surface area contributed by atoms with Crippen molar-refractivity contribution in [2.45, 2.75) is 25.2 Å². The normalized spacial score (nSPS) is 11.3. The molecule has 0 aliphatic heterocycles. The number of amides is 1. The van der Waals surface area contributed by atoms with Gasteiger partial charge in [0, 0.05) is 11.3 Å². The molecule has 0 aliphatic carbocycles. The van der Waals surface area contributed by atoms with Crippen LogP contribution in [0.25, 0.3) is 6.08 Å². The van der Waals surface area contributed by atoms with Crippen LogP contribution in [-0.4, -0.2) is 20.9 Å². The summed E-state index contributed by atoms with van der Waals surface area (Å²) < 4.78 is 37.0. The summed E-state index contributed by atoms with van der Waals surface area (Å²) in [5.74, 6) is -0.373. The van der Waals surface area contributed by atoms with Gasteiger partial charge in [-0.2, -0.15) is 13.7 Å². The lowest BCUT2D eigenvalue weighted by atomic mass is 10.0. The highest BCUT2D eigenvalue weighted by Crippen LogP contribution is 2.36. The first-order chi connectivity index (χ1) is 17.3. The molecule has 1 amide bonds. The Morgan fingerprint density at radius 1 is 1.11 bits per heavy atom. The maximum atomic E-state index is 12.9. The van der Waals surface area contributed by atoms with Crippen LogP contribution in [0.1, 0.15) is 23.6 Å². The van der Waals surface area contributed by atoms with E-state index < -0.39 is 16.0 Å². The fraction of sp³-hybridized carbons (Fsp3) is 0.143. The van der Waals surface area contributed by atoms with Crippen LogP contribution < -0.4 is 14.2 Å². The van der Waals surface area contributed by atoms with Gasteiger partial charge < -0.3 is 14.2 Å². The Morgan fingerprint density at radius 3 is 2.44 bits per heavy atom. The fourth-order valence-corrected chi connectivity index (χ4v) is 4.39. The number of allylic oxidation sites excluding steroid dienone is 1. The van der Waals surface area contributed by atoms with Gasteiger partial charge in [0.25, 0.3) is 5.91 Å². The summed E-state index contributed by atoms with van der Waals surface area (Å²) in [6.45, 7) is 7.58. The molecule has 0 radical (unpaired) electrons. The zero-order chi connectivity index (χ0) is 26.1. The highest BCUT2D eigenvalue weighted by atomic mass is 32.2. The second-order valence-corrected chi connectivity index (χ2v) is 9.27. The Kier molecular flexibility index (Phi) is 8.66. The van der Waals surface area contributed by atoms with Crippen LogP contribution in [0.2, 0.25) is 0 Å². The first kappa shape index (κ1) is 26.3. The molecule has 0 saturated carbocycles. The maximum Gasteiger partial charge on any atom is 0.339 e. The predicted octanol–water partition coefficient (Wildman–Crippen LogP) is 5.44. The molecule has 3 rings (SSSR count). The molecule has 7 nitrogen and oxygen atoms in total. The number of nitriles is 1. The Labute approximate surface area is 211 Å². The number of ether oxygens (including phenoxy) is 1. The molecule has 0 saturated heterocycles. The second-order valence-electron chi connectivity index (χ2n) is 7.72. The number of hydrogen-bond acceptors (Lipinski definition) is 6. The average Bonchev–Trinajstić information content (AvgIpc) is 2.86. The monoisotopic (exact) mass is 502 g/mol. The number of para-hydroxylation sites is 1. The molecule has 8 heteroatoms. The van der Waals surface area contributed by atoms with E-state index in [0.717, 1.165) is 5.56 Å². The van der Waals surface area contributed by atoms with Gasteiger partial charge in [-0.3, -0.25) is 4.79 Å². The fourth-order valence-electron chi connectivity index (χ4n) is 3.39. The summed E-state index contributed by atoms with van der Waals surface area (Å²) >= 11 is 0. The predicted molar refractivity (Wildman–Crippen MR) is 139 cm³/mol. The third-order valence-corrected chi connectivity index (χ3v) is 6.35. The topological polar surface area (TPSA) is 105 Å². The van der Waals surface area contributed by atoms with Crippen molar-refractivity contribution in [3.8, 4) is 17.6 Å². The third kappa shape index (κ3) is 6.40. The van der Waals surface area contributed by atoms with Crippen molar-refractivity contribution in [3.05, 3.63) is 102 Å².